The summed E-state index contributed by atoms with van der Waals surface area (Å²) in [6.45, 7) is 42.3. The first-order chi connectivity index (χ1) is 40.9. The van der Waals surface area contributed by atoms with E-state index in [2.05, 4.69) is 310 Å². The van der Waals surface area contributed by atoms with Gasteiger partial charge in [-0.1, -0.05) is 246 Å². The van der Waals surface area contributed by atoms with Gasteiger partial charge in [-0.25, -0.2) is 9.97 Å². The van der Waals surface area contributed by atoms with E-state index in [0.29, 0.717) is 5.82 Å². The molecule has 0 N–H and O–H groups in total. The largest absolute Gasteiger partial charge is 0.310 e. The summed E-state index contributed by atoms with van der Waals surface area (Å²) in [6.07, 6.45) is 0. The number of nitrogens with zero attached hydrogens (tertiary/aromatic N) is 4. The van der Waals surface area contributed by atoms with Gasteiger partial charge in [0.15, 0.2) is 5.82 Å². The maximum atomic E-state index is 5.58. The van der Waals surface area contributed by atoms with Gasteiger partial charge in [0.25, 0.3) is 6.71 Å². The van der Waals surface area contributed by atoms with Crippen LogP contribution in [0.15, 0.2) is 176 Å². The second-order valence-electron chi connectivity index (χ2n) is 31.7. The predicted molar refractivity (Wildman–Crippen MR) is 375 cm³/mol. The molecule has 434 valence electrons. The number of rotatable bonds is 5. The van der Waals surface area contributed by atoms with Crippen LogP contribution >= 0.6 is 0 Å². The zero-order chi connectivity index (χ0) is 61.4. The van der Waals surface area contributed by atoms with Crippen molar-refractivity contribution in [2.45, 2.75) is 157 Å². The molecule has 5 heterocycles. The molecule has 0 unspecified atom stereocenters. The smallest absolute Gasteiger partial charge is 0.252 e. The van der Waals surface area contributed by atoms with Crippen molar-refractivity contribution in [3.8, 4) is 67.5 Å². The Morgan fingerprint density at radius 1 is 0.287 bits per heavy atom. The molecule has 9 aromatic carbocycles. The monoisotopic (exact) mass is 1130 g/mol. The molecule has 2 aliphatic rings. The van der Waals surface area contributed by atoms with E-state index in [1.165, 1.54) is 127 Å². The lowest BCUT2D eigenvalue weighted by atomic mass is 9.34. The molecule has 0 saturated carbocycles. The molecule has 0 radical (unpaired) electrons. The van der Waals surface area contributed by atoms with Gasteiger partial charge in [-0.2, -0.15) is 0 Å². The van der Waals surface area contributed by atoms with Gasteiger partial charge in [0.2, 0.25) is 0 Å². The summed E-state index contributed by atoms with van der Waals surface area (Å²) in [5.41, 5.74) is 28.9. The summed E-state index contributed by atoms with van der Waals surface area (Å²) in [5, 5.41) is 5.09. The van der Waals surface area contributed by atoms with Crippen molar-refractivity contribution in [3.63, 3.8) is 0 Å². The number of fused-ring (bicyclic) bond motifs is 10. The highest BCUT2D eigenvalue weighted by Gasteiger charge is 2.43. The summed E-state index contributed by atoms with van der Waals surface area (Å²) in [5.74, 6) is 0.695. The van der Waals surface area contributed by atoms with E-state index >= 15 is 0 Å². The van der Waals surface area contributed by atoms with Crippen molar-refractivity contribution in [2.24, 2.45) is 0 Å². The molecule has 0 atom stereocenters. The van der Waals surface area contributed by atoms with E-state index in [1.54, 1.807) is 0 Å². The van der Waals surface area contributed by atoms with Crippen LogP contribution in [0.4, 0.5) is 0 Å². The molecule has 14 rings (SSSR count). The summed E-state index contributed by atoms with van der Waals surface area (Å²) in [6, 6.07) is 67.8. The van der Waals surface area contributed by atoms with Crippen molar-refractivity contribution in [3.05, 3.63) is 209 Å². The number of hydrogen-bond acceptors (Lipinski definition) is 2. The van der Waals surface area contributed by atoms with Crippen molar-refractivity contribution in [1.82, 2.24) is 19.1 Å². The van der Waals surface area contributed by atoms with Gasteiger partial charge in [0.05, 0.1) is 22.4 Å². The second-order valence-corrected chi connectivity index (χ2v) is 31.7. The minimum Gasteiger partial charge on any atom is -0.310 e. The first kappa shape index (κ1) is 56.5. The average molecular weight is 1140 g/mol. The van der Waals surface area contributed by atoms with Gasteiger partial charge in [-0.15, -0.1) is 0 Å². The normalized spacial score (nSPS) is 13.6. The second kappa shape index (κ2) is 19.1. The molecule has 4 nitrogen and oxygen atoms in total. The highest BCUT2D eigenvalue weighted by Crippen LogP contribution is 2.46. The highest BCUT2D eigenvalue weighted by molar-refractivity contribution is 7.00. The Kier molecular flexibility index (Phi) is 12.4. The Balaban J connectivity index is 1.13. The fraction of sp³-hybridized carbons (Fsp3) is 0.293. The van der Waals surface area contributed by atoms with Crippen LogP contribution in [0.5, 0.6) is 0 Å². The van der Waals surface area contributed by atoms with Gasteiger partial charge in [-0.05, 0) is 159 Å². The molecule has 0 amide bonds. The molecule has 5 heteroatoms. The Morgan fingerprint density at radius 3 is 0.977 bits per heavy atom. The van der Waals surface area contributed by atoms with Crippen LogP contribution in [-0.4, -0.2) is 25.8 Å². The van der Waals surface area contributed by atoms with Crippen LogP contribution in [-0.2, 0) is 32.5 Å². The number of aromatic nitrogens is 4. The molecule has 0 spiro atoms. The maximum Gasteiger partial charge on any atom is 0.252 e. The molecule has 0 fully saturated rings. The molecule has 0 aliphatic carbocycles. The van der Waals surface area contributed by atoms with E-state index in [1.807, 2.05) is 0 Å². The van der Waals surface area contributed by atoms with Gasteiger partial charge in [0, 0.05) is 60.6 Å². The summed E-state index contributed by atoms with van der Waals surface area (Å²) in [7, 11) is 0. The molecule has 0 bridgehead atoms. The van der Waals surface area contributed by atoms with E-state index in [-0.39, 0.29) is 39.2 Å². The fourth-order valence-corrected chi connectivity index (χ4v) is 13.8. The standard InChI is InChI=1S/C82H83BN4/c1-77(2,3)55-33-52(34-56(41-55)78(4,5)6)50-29-31-69-61(37-50)63-43-59(81(13,14)15)45-65-74(63)86(69)71-39-54(76-84-67(48-25-21-19-22-26-48)47-68(85-76)49-27-23-20-24-28-49)40-72-73(71)83(65)66-46-60(82(16,17)18)44-64-62-38-51(30-32-70(62)87(72)75(64)66)53-35-57(79(7,8)9)42-58(36-53)80(10,11)12/h19-47H,1-18H3. The summed E-state index contributed by atoms with van der Waals surface area (Å²) in [4.78, 5) is 11.2. The minimum atomic E-state index is -0.135. The average Bonchev–Trinajstić information content (AvgIpc) is 1.58. The number of hydrogen-bond donors (Lipinski definition) is 0. The highest BCUT2D eigenvalue weighted by atomic mass is 15.0. The van der Waals surface area contributed by atoms with Crippen LogP contribution in [0.25, 0.3) is 111 Å². The summed E-state index contributed by atoms with van der Waals surface area (Å²) >= 11 is 0. The zero-order valence-corrected chi connectivity index (χ0v) is 54.6. The predicted octanol–water partition coefficient (Wildman–Crippen LogP) is 19.9. The fourth-order valence-electron chi connectivity index (χ4n) is 13.8. The van der Waals surface area contributed by atoms with E-state index in [0.717, 1.165) is 28.1 Å². The van der Waals surface area contributed by atoms with E-state index in [4.69, 9.17) is 9.97 Å². The third-order valence-corrected chi connectivity index (χ3v) is 19.2. The lowest BCUT2D eigenvalue weighted by molar-refractivity contribution is 0.568. The minimum absolute atomic E-state index is 0.0194. The Labute approximate surface area is 516 Å². The molecule has 87 heavy (non-hydrogen) atoms. The quantitative estimate of drug-likeness (QED) is 0.161. The molecule has 0 saturated heterocycles. The van der Waals surface area contributed by atoms with Crippen LogP contribution in [0.2, 0.25) is 0 Å². The van der Waals surface area contributed by atoms with Crippen LogP contribution < -0.4 is 16.4 Å². The Hall–Kier alpha value is -8.28. The molecule has 12 aromatic rings. The first-order valence-corrected chi connectivity index (χ1v) is 31.7. The van der Waals surface area contributed by atoms with Crippen molar-refractivity contribution in [2.75, 3.05) is 0 Å². The maximum absolute atomic E-state index is 5.58. The van der Waals surface area contributed by atoms with Crippen molar-refractivity contribution in [1.29, 1.82) is 0 Å². The van der Waals surface area contributed by atoms with Crippen LogP contribution in [0.3, 0.4) is 0 Å². The molecule has 2 aliphatic heterocycles. The lowest BCUT2D eigenvalue weighted by Crippen LogP contribution is -2.59. The van der Waals surface area contributed by atoms with E-state index in [9.17, 15) is 0 Å². The zero-order valence-electron chi connectivity index (χ0n) is 54.6. The topological polar surface area (TPSA) is 35.6 Å². The molecule has 3 aromatic heterocycles. The van der Waals surface area contributed by atoms with Crippen LogP contribution in [0, 0.1) is 0 Å². The lowest BCUT2D eigenvalue weighted by Gasteiger charge is -2.35. The Bertz CT molecular complexity index is 4470. The van der Waals surface area contributed by atoms with Gasteiger partial charge < -0.3 is 9.13 Å². The Morgan fingerprint density at radius 2 is 0.632 bits per heavy atom. The SMILES string of the molecule is CC(C)(C)c1cc(-c2ccc3c(c2)c2cc(C(C)(C)C)cc4c2n3-c2cc(-c3nc(-c5ccccc5)cc(-c5ccccc5)n3)cc3c2B4c2cc(C(C)(C)C)cc4c5cc(-c6cc(C(C)(C)C)cc(C(C)(C)C)c6)ccc5n-3c24)cc(C(C)(C)C)c1. The van der Waals surface area contributed by atoms with Crippen molar-refractivity contribution < 1.29 is 0 Å². The molecular weight excluding hydrogens is 1050 g/mol. The van der Waals surface area contributed by atoms with Gasteiger partial charge >= 0.3 is 0 Å². The number of benzene rings is 9. The van der Waals surface area contributed by atoms with Gasteiger partial charge in [0.1, 0.15) is 0 Å². The first-order valence-electron chi connectivity index (χ1n) is 31.7. The van der Waals surface area contributed by atoms with Gasteiger partial charge in [-0.3, -0.25) is 0 Å². The molecular formula is C82H83BN4. The van der Waals surface area contributed by atoms with E-state index < -0.39 is 0 Å². The third kappa shape index (κ3) is 9.40. The van der Waals surface area contributed by atoms with Crippen molar-refractivity contribution >= 4 is 66.7 Å². The third-order valence-electron chi connectivity index (χ3n) is 19.2. The van der Waals surface area contributed by atoms with Crippen LogP contribution in [0.1, 0.15) is 158 Å². The summed E-state index contributed by atoms with van der Waals surface area (Å²) < 4.78 is 5.27.